The van der Waals surface area contributed by atoms with Crippen molar-refractivity contribution in [1.82, 2.24) is 4.98 Å². The highest BCUT2D eigenvalue weighted by atomic mass is 14.6. The molecule has 62 valence electrons. The summed E-state index contributed by atoms with van der Waals surface area (Å²) in [7, 11) is 0. The van der Waals surface area contributed by atoms with Crippen molar-refractivity contribution in [3.05, 3.63) is 48.8 Å². The van der Waals surface area contributed by atoms with Crippen LogP contribution in [0.4, 0.5) is 0 Å². The fourth-order valence-corrected chi connectivity index (χ4v) is 0.908. The first-order valence-electron chi connectivity index (χ1n) is 4.11. The normalized spacial score (nSPS) is 10.3. The summed E-state index contributed by atoms with van der Waals surface area (Å²) in [6.45, 7) is 3.66. The van der Waals surface area contributed by atoms with E-state index in [-0.39, 0.29) is 0 Å². The van der Waals surface area contributed by atoms with Gasteiger partial charge in [-0.25, -0.2) is 0 Å². The zero-order chi connectivity index (χ0) is 8.65. The third-order valence-corrected chi connectivity index (χ3v) is 1.53. The molecule has 1 aromatic heterocycles. The molecular weight excluding hydrogens is 146 g/mol. The van der Waals surface area contributed by atoms with Crippen LogP contribution in [0.15, 0.2) is 43.3 Å². The number of allylic oxidation sites excluding steroid dienone is 2. The fourth-order valence-electron chi connectivity index (χ4n) is 0.908. The van der Waals surface area contributed by atoms with E-state index in [1.54, 1.807) is 6.20 Å². The van der Waals surface area contributed by atoms with E-state index >= 15 is 0 Å². The van der Waals surface area contributed by atoms with E-state index in [0.717, 1.165) is 18.4 Å². The monoisotopic (exact) mass is 159 g/mol. The van der Waals surface area contributed by atoms with E-state index in [1.165, 1.54) is 0 Å². The molecule has 0 saturated heterocycles. The number of rotatable bonds is 4. The average molecular weight is 159 g/mol. The van der Waals surface area contributed by atoms with Gasteiger partial charge in [-0.3, -0.25) is 4.98 Å². The standard InChI is InChI=1S/C11H13N/c1-2-3-4-5-7-11-8-6-9-12-10-11/h2,5-10H,1,3-4H2. The first-order chi connectivity index (χ1) is 5.93. The van der Waals surface area contributed by atoms with Crippen LogP contribution in [0.5, 0.6) is 0 Å². The van der Waals surface area contributed by atoms with Crippen molar-refractivity contribution in [2.75, 3.05) is 0 Å². The Morgan fingerprint density at radius 3 is 3.00 bits per heavy atom. The van der Waals surface area contributed by atoms with Crippen LogP contribution in [0, 0.1) is 0 Å². The van der Waals surface area contributed by atoms with Crippen molar-refractivity contribution in [1.29, 1.82) is 0 Å². The van der Waals surface area contributed by atoms with Gasteiger partial charge in [-0.2, -0.15) is 0 Å². The Labute approximate surface area is 73.5 Å². The molecule has 1 heterocycles. The Bertz CT molecular complexity index is 249. The van der Waals surface area contributed by atoms with Crippen LogP contribution in [0.1, 0.15) is 18.4 Å². The molecule has 0 aromatic carbocycles. The molecule has 0 amide bonds. The van der Waals surface area contributed by atoms with E-state index in [1.807, 2.05) is 24.4 Å². The predicted molar refractivity (Wildman–Crippen MR) is 52.7 cm³/mol. The summed E-state index contributed by atoms with van der Waals surface area (Å²) in [6, 6.07) is 3.98. The lowest BCUT2D eigenvalue weighted by Crippen LogP contribution is -1.72. The largest absolute Gasteiger partial charge is 0.264 e. The van der Waals surface area contributed by atoms with Crippen LogP contribution < -0.4 is 0 Å². The van der Waals surface area contributed by atoms with Gasteiger partial charge in [0, 0.05) is 12.4 Å². The van der Waals surface area contributed by atoms with Gasteiger partial charge in [0.05, 0.1) is 0 Å². The van der Waals surface area contributed by atoms with E-state index < -0.39 is 0 Å². The summed E-state index contributed by atoms with van der Waals surface area (Å²) in [5.41, 5.74) is 1.15. The highest BCUT2D eigenvalue weighted by molar-refractivity contribution is 5.47. The molecule has 0 aliphatic rings. The Morgan fingerprint density at radius 1 is 1.42 bits per heavy atom. The minimum Gasteiger partial charge on any atom is -0.264 e. The van der Waals surface area contributed by atoms with Gasteiger partial charge in [0.2, 0.25) is 0 Å². The fraction of sp³-hybridized carbons (Fsp3) is 0.182. The van der Waals surface area contributed by atoms with Crippen LogP contribution in [0.25, 0.3) is 6.08 Å². The molecule has 0 radical (unpaired) electrons. The average Bonchev–Trinajstić information content (AvgIpc) is 2.14. The van der Waals surface area contributed by atoms with Gasteiger partial charge in [0.1, 0.15) is 0 Å². The van der Waals surface area contributed by atoms with Gasteiger partial charge in [0.25, 0.3) is 0 Å². The smallest absolute Gasteiger partial charge is 0.0340 e. The van der Waals surface area contributed by atoms with Gasteiger partial charge in [-0.15, -0.1) is 6.58 Å². The molecule has 0 fully saturated rings. The molecule has 1 nitrogen and oxygen atoms in total. The number of nitrogens with zero attached hydrogens (tertiary/aromatic N) is 1. The van der Waals surface area contributed by atoms with Crippen LogP contribution in [0.3, 0.4) is 0 Å². The van der Waals surface area contributed by atoms with E-state index in [9.17, 15) is 0 Å². The van der Waals surface area contributed by atoms with Crippen molar-refractivity contribution in [3.63, 3.8) is 0 Å². The molecule has 0 saturated carbocycles. The van der Waals surface area contributed by atoms with Crippen LogP contribution in [-0.4, -0.2) is 4.98 Å². The quantitative estimate of drug-likeness (QED) is 0.486. The maximum Gasteiger partial charge on any atom is 0.0340 e. The molecule has 0 atom stereocenters. The van der Waals surface area contributed by atoms with E-state index in [4.69, 9.17) is 0 Å². The summed E-state index contributed by atoms with van der Waals surface area (Å²) >= 11 is 0. The number of unbranched alkanes of at least 4 members (excludes halogenated alkanes) is 1. The maximum absolute atomic E-state index is 4.01. The Morgan fingerprint density at radius 2 is 2.33 bits per heavy atom. The summed E-state index contributed by atoms with van der Waals surface area (Å²) in [4.78, 5) is 4.01. The summed E-state index contributed by atoms with van der Waals surface area (Å²) in [6.07, 6.45) is 11.9. The Kier molecular flexibility index (Phi) is 3.86. The lowest BCUT2D eigenvalue weighted by molar-refractivity contribution is 1.06. The van der Waals surface area contributed by atoms with Gasteiger partial charge in [-0.1, -0.05) is 24.3 Å². The van der Waals surface area contributed by atoms with Crippen LogP contribution >= 0.6 is 0 Å². The molecule has 0 bridgehead atoms. The molecule has 1 heteroatoms. The lowest BCUT2D eigenvalue weighted by atomic mass is 10.2. The molecule has 0 spiro atoms. The minimum absolute atomic E-state index is 1.04. The molecule has 12 heavy (non-hydrogen) atoms. The zero-order valence-corrected chi connectivity index (χ0v) is 7.11. The third kappa shape index (κ3) is 3.15. The van der Waals surface area contributed by atoms with Crippen LogP contribution in [-0.2, 0) is 0 Å². The molecule has 0 N–H and O–H groups in total. The SMILES string of the molecule is C=CCCC=Cc1cccnc1. The first kappa shape index (κ1) is 8.72. The summed E-state index contributed by atoms with van der Waals surface area (Å²) in [5, 5.41) is 0. The number of hydrogen-bond donors (Lipinski definition) is 0. The number of aromatic nitrogens is 1. The minimum atomic E-state index is 1.04. The third-order valence-electron chi connectivity index (χ3n) is 1.53. The second-order valence-corrected chi connectivity index (χ2v) is 2.55. The first-order valence-corrected chi connectivity index (χ1v) is 4.11. The van der Waals surface area contributed by atoms with Gasteiger partial charge < -0.3 is 0 Å². The molecule has 0 aliphatic heterocycles. The van der Waals surface area contributed by atoms with Crippen molar-refractivity contribution in [2.24, 2.45) is 0 Å². The predicted octanol–water partition coefficient (Wildman–Crippen LogP) is 3.06. The highest BCUT2D eigenvalue weighted by Crippen LogP contribution is 2.00. The topological polar surface area (TPSA) is 12.9 Å². The van der Waals surface area contributed by atoms with E-state index in [0.29, 0.717) is 0 Å². The number of hydrogen-bond acceptors (Lipinski definition) is 1. The van der Waals surface area contributed by atoms with Gasteiger partial charge >= 0.3 is 0 Å². The molecule has 1 aromatic rings. The Hall–Kier alpha value is -1.37. The van der Waals surface area contributed by atoms with Gasteiger partial charge in [0.15, 0.2) is 0 Å². The van der Waals surface area contributed by atoms with Crippen molar-refractivity contribution >= 4 is 6.08 Å². The lowest BCUT2D eigenvalue weighted by Gasteiger charge is -1.89. The molecule has 0 unspecified atom stereocenters. The van der Waals surface area contributed by atoms with Crippen LogP contribution in [0.2, 0.25) is 0 Å². The summed E-state index contributed by atoms with van der Waals surface area (Å²) in [5.74, 6) is 0. The van der Waals surface area contributed by atoms with Crippen molar-refractivity contribution in [2.45, 2.75) is 12.8 Å². The zero-order valence-electron chi connectivity index (χ0n) is 7.11. The number of pyridine rings is 1. The molecule has 1 rings (SSSR count). The molecule has 0 aliphatic carbocycles. The van der Waals surface area contributed by atoms with Gasteiger partial charge in [-0.05, 0) is 24.5 Å². The van der Waals surface area contributed by atoms with E-state index in [2.05, 4.69) is 23.7 Å². The second kappa shape index (κ2) is 5.30. The summed E-state index contributed by atoms with van der Waals surface area (Å²) < 4.78 is 0. The molecular formula is C11H13N. The highest BCUT2D eigenvalue weighted by Gasteiger charge is 1.81. The maximum atomic E-state index is 4.01. The van der Waals surface area contributed by atoms with Crippen molar-refractivity contribution < 1.29 is 0 Å². The Balaban J connectivity index is 2.41. The van der Waals surface area contributed by atoms with Crippen molar-refractivity contribution in [3.8, 4) is 0 Å². The second-order valence-electron chi connectivity index (χ2n) is 2.55.